The lowest BCUT2D eigenvalue weighted by Crippen LogP contribution is -2.13. The second kappa shape index (κ2) is 4.76. The van der Waals surface area contributed by atoms with E-state index in [-0.39, 0.29) is 5.82 Å². The van der Waals surface area contributed by atoms with E-state index in [1.165, 1.54) is 6.07 Å². The molecule has 1 heterocycles. The molecule has 0 amide bonds. The summed E-state index contributed by atoms with van der Waals surface area (Å²) in [5, 5.41) is 1.03. The molecule has 0 spiro atoms. The summed E-state index contributed by atoms with van der Waals surface area (Å²) in [5.74, 6) is 0.312. The molecule has 0 fully saturated rings. The van der Waals surface area contributed by atoms with Gasteiger partial charge in [-0.25, -0.2) is 4.39 Å². The van der Waals surface area contributed by atoms with Crippen LogP contribution in [0.2, 0.25) is 0 Å². The third kappa shape index (κ3) is 2.00. The van der Waals surface area contributed by atoms with Crippen LogP contribution in [0.25, 0.3) is 11.0 Å². The van der Waals surface area contributed by atoms with Gasteiger partial charge in [0.25, 0.3) is 0 Å². The molecule has 3 heteroatoms. The Morgan fingerprint density at radius 2 is 1.85 bits per heavy atom. The average molecular weight is 269 g/mol. The first-order valence-corrected chi connectivity index (χ1v) is 6.57. The maximum Gasteiger partial charge on any atom is 0.134 e. The summed E-state index contributed by atoms with van der Waals surface area (Å²) in [6.45, 7) is 3.96. The largest absolute Gasteiger partial charge is 0.459 e. The van der Waals surface area contributed by atoms with Crippen LogP contribution in [0.1, 0.15) is 28.5 Å². The summed E-state index contributed by atoms with van der Waals surface area (Å²) in [7, 11) is 0. The van der Waals surface area contributed by atoms with Gasteiger partial charge in [-0.05, 0) is 31.5 Å². The highest BCUT2D eigenvalue weighted by atomic mass is 19.1. The first-order valence-electron chi connectivity index (χ1n) is 6.57. The van der Waals surface area contributed by atoms with Crippen molar-refractivity contribution in [1.29, 1.82) is 0 Å². The molecule has 3 aromatic rings. The van der Waals surface area contributed by atoms with Crippen molar-refractivity contribution < 1.29 is 8.81 Å². The van der Waals surface area contributed by atoms with Gasteiger partial charge in [-0.15, -0.1) is 0 Å². The standard InChI is InChI=1S/C17H16FNO/c1-10-7-8-12-11(2)17(20-15(12)9-10)16(19)13-5-3-4-6-14(13)18/h3-9,16H,19H2,1-2H3. The van der Waals surface area contributed by atoms with Gasteiger partial charge in [0.1, 0.15) is 17.2 Å². The predicted molar refractivity (Wildman–Crippen MR) is 78.1 cm³/mol. The van der Waals surface area contributed by atoms with E-state index >= 15 is 0 Å². The van der Waals surface area contributed by atoms with Gasteiger partial charge in [0.15, 0.2) is 0 Å². The number of nitrogens with two attached hydrogens (primary N) is 1. The summed E-state index contributed by atoms with van der Waals surface area (Å²) in [6, 6.07) is 12.0. The zero-order chi connectivity index (χ0) is 14.3. The number of rotatable bonds is 2. The van der Waals surface area contributed by atoms with Crippen molar-refractivity contribution in [3.8, 4) is 0 Å². The van der Waals surface area contributed by atoms with Crippen molar-refractivity contribution in [3.63, 3.8) is 0 Å². The normalized spacial score (nSPS) is 12.8. The number of furan rings is 1. The summed E-state index contributed by atoms with van der Waals surface area (Å²) in [5.41, 5.74) is 9.52. The minimum absolute atomic E-state index is 0.309. The zero-order valence-corrected chi connectivity index (χ0v) is 11.5. The summed E-state index contributed by atoms with van der Waals surface area (Å²) in [6.07, 6.45) is 0. The average Bonchev–Trinajstić information content (AvgIpc) is 2.75. The number of benzene rings is 2. The molecule has 0 radical (unpaired) electrons. The van der Waals surface area contributed by atoms with E-state index in [2.05, 4.69) is 0 Å². The Labute approximate surface area is 117 Å². The number of fused-ring (bicyclic) bond motifs is 1. The highest BCUT2D eigenvalue weighted by Gasteiger charge is 2.20. The van der Waals surface area contributed by atoms with Crippen molar-refractivity contribution in [3.05, 3.63) is 70.7 Å². The molecule has 0 aliphatic heterocycles. The van der Waals surface area contributed by atoms with Crippen molar-refractivity contribution in [2.45, 2.75) is 19.9 Å². The fourth-order valence-corrected chi connectivity index (χ4v) is 2.52. The van der Waals surface area contributed by atoms with Crippen LogP contribution >= 0.6 is 0 Å². The van der Waals surface area contributed by atoms with E-state index in [4.69, 9.17) is 10.2 Å². The van der Waals surface area contributed by atoms with Crippen molar-refractivity contribution >= 4 is 11.0 Å². The second-order valence-electron chi connectivity index (χ2n) is 5.09. The Morgan fingerprint density at radius 3 is 2.60 bits per heavy atom. The number of aryl methyl sites for hydroxylation is 2. The predicted octanol–water partition coefficient (Wildman–Crippen LogP) is 4.24. The van der Waals surface area contributed by atoms with Crippen LogP contribution in [-0.2, 0) is 0 Å². The molecule has 0 aliphatic rings. The van der Waals surface area contributed by atoms with Crippen LogP contribution in [0.15, 0.2) is 46.9 Å². The van der Waals surface area contributed by atoms with Crippen LogP contribution in [0.4, 0.5) is 4.39 Å². The highest BCUT2D eigenvalue weighted by Crippen LogP contribution is 2.32. The molecule has 0 saturated carbocycles. The van der Waals surface area contributed by atoms with Gasteiger partial charge in [0, 0.05) is 16.5 Å². The highest BCUT2D eigenvalue weighted by molar-refractivity contribution is 5.83. The Balaban J connectivity index is 2.15. The lowest BCUT2D eigenvalue weighted by atomic mass is 10.0. The fourth-order valence-electron chi connectivity index (χ4n) is 2.52. The van der Waals surface area contributed by atoms with Gasteiger partial charge in [-0.1, -0.05) is 30.3 Å². The number of hydrogen-bond donors (Lipinski definition) is 1. The molecule has 1 aromatic heterocycles. The van der Waals surface area contributed by atoms with Crippen molar-refractivity contribution in [2.24, 2.45) is 5.73 Å². The van der Waals surface area contributed by atoms with E-state index < -0.39 is 6.04 Å². The monoisotopic (exact) mass is 269 g/mol. The molecule has 2 aromatic carbocycles. The van der Waals surface area contributed by atoms with Crippen LogP contribution in [0.3, 0.4) is 0 Å². The van der Waals surface area contributed by atoms with Gasteiger partial charge < -0.3 is 10.2 Å². The smallest absolute Gasteiger partial charge is 0.134 e. The van der Waals surface area contributed by atoms with E-state index in [0.717, 1.165) is 22.1 Å². The van der Waals surface area contributed by atoms with Crippen LogP contribution in [-0.4, -0.2) is 0 Å². The molecule has 0 bridgehead atoms. The van der Waals surface area contributed by atoms with Gasteiger partial charge in [0.2, 0.25) is 0 Å². The third-order valence-corrected chi connectivity index (χ3v) is 3.65. The number of halogens is 1. The van der Waals surface area contributed by atoms with Crippen LogP contribution in [0.5, 0.6) is 0 Å². The second-order valence-corrected chi connectivity index (χ2v) is 5.09. The first kappa shape index (κ1) is 12.9. The molecular weight excluding hydrogens is 253 g/mol. The topological polar surface area (TPSA) is 39.2 Å². The molecule has 1 unspecified atom stereocenters. The maximum atomic E-state index is 13.9. The summed E-state index contributed by atoms with van der Waals surface area (Å²) >= 11 is 0. The molecule has 1 atom stereocenters. The molecule has 3 rings (SSSR count). The molecule has 0 aliphatic carbocycles. The Bertz CT molecular complexity index is 776. The van der Waals surface area contributed by atoms with Gasteiger partial charge >= 0.3 is 0 Å². The fraction of sp³-hybridized carbons (Fsp3) is 0.176. The van der Waals surface area contributed by atoms with Gasteiger partial charge in [-0.3, -0.25) is 0 Å². The van der Waals surface area contributed by atoms with Crippen molar-refractivity contribution in [2.75, 3.05) is 0 Å². The lowest BCUT2D eigenvalue weighted by Gasteiger charge is -2.11. The third-order valence-electron chi connectivity index (χ3n) is 3.65. The molecule has 2 N–H and O–H groups in total. The summed E-state index contributed by atoms with van der Waals surface area (Å²) in [4.78, 5) is 0. The first-order chi connectivity index (χ1) is 9.58. The molecule has 0 saturated heterocycles. The zero-order valence-electron chi connectivity index (χ0n) is 11.5. The lowest BCUT2D eigenvalue weighted by molar-refractivity contribution is 0.506. The molecular formula is C17H16FNO. The maximum absolute atomic E-state index is 13.9. The Hall–Kier alpha value is -2.13. The van der Waals surface area contributed by atoms with E-state index in [9.17, 15) is 4.39 Å². The Kier molecular flexibility index (Phi) is 3.07. The van der Waals surface area contributed by atoms with E-state index in [0.29, 0.717) is 11.3 Å². The minimum atomic E-state index is -0.594. The van der Waals surface area contributed by atoms with Gasteiger partial charge in [0.05, 0.1) is 6.04 Å². The van der Waals surface area contributed by atoms with Crippen LogP contribution in [0, 0.1) is 19.7 Å². The van der Waals surface area contributed by atoms with Gasteiger partial charge in [-0.2, -0.15) is 0 Å². The van der Waals surface area contributed by atoms with Crippen LogP contribution < -0.4 is 5.73 Å². The molecule has 2 nitrogen and oxygen atoms in total. The van der Waals surface area contributed by atoms with E-state index in [1.807, 2.05) is 32.0 Å². The van der Waals surface area contributed by atoms with Crippen molar-refractivity contribution in [1.82, 2.24) is 0 Å². The number of hydrogen-bond acceptors (Lipinski definition) is 2. The SMILES string of the molecule is Cc1ccc2c(C)c(C(N)c3ccccc3F)oc2c1. The molecule has 20 heavy (non-hydrogen) atoms. The quantitative estimate of drug-likeness (QED) is 0.756. The van der Waals surface area contributed by atoms with E-state index in [1.54, 1.807) is 18.2 Å². The Morgan fingerprint density at radius 1 is 1.10 bits per heavy atom. The minimum Gasteiger partial charge on any atom is -0.459 e. The summed E-state index contributed by atoms with van der Waals surface area (Å²) < 4.78 is 19.7. The molecule has 102 valence electrons.